The number of hydrogen-bond acceptors (Lipinski definition) is 3. The van der Waals surface area contributed by atoms with E-state index in [0.29, 0.717) is 6.54 Å². The lowest BCUT2D eigenvalue weighted by molar-refractivity contribution is 0.0698. The van der Waals surface area contributed by atoms with Crippen LogP contribution < -0.4 is 10.6 Å². The Kier molecular flexibility index (Phi) is 5.92. The van der Waals surface area contributed by atoms with Crippen molar-refractivity contribution in [3.63, 3.8) is 0 Å². The first-order valence-electron chi connectivity index (χ1n) is 6.15. The van der Waals surface area contributed by atoms with Gasteiger partial charge in [0.05, 0.1) is 11.3 Å². The molecule has 0 spiro atoms. The zero-order chi connectivity index (χ0) is 15.1. The van der Waals surface area contributed by atoms with Crippen LogP contribution in [-0.2, 0) is 0 Å². The maximum atomic E-state index is 13.1. The number of hydrogen-bond donors (Lipinski definition) is 3. The molecule has 6 nitrogen and oxygen atoms in total. The van der Waals surface area contributed by atoms with Gasteiger partial charge in [0.1, 0.15) is 5.82 Å². The summed E-state index contributed by atoms with van der Waals surface area (Å²) >= 11 is 0. The van der Waals surface area contributed by atoms with E-state index in [9.17, 15) is 14.0 Å². The van der Waals surface area contributed by atoms with Crippen molar-refractivity contribution in [2.45, 2.75) is 6.42 Å². The Morgan fingerprint density at radius 1 is 1.40 bits per heavy atom. The van der Waals surface area contributed by atoms with Crippen molar-refractivity contribution < 1.29 is 19.1 Å². The highest BCUT2D eigenvalue weighted by Gasteiger charge is 2.15. The third-order valence-electron chi connectivity index (χ3n) is 2.72. The SMILES string of the molecule is CNCCCN(C)C(=O)Nc1cc(F)ccc1C(=O)O. The fourth-order valence-corrected chi connectivity index (χ4v) is 1.61. The van der Waals surface area contributed by atoms with E-state index >= 15 is 0 Å². The molecule has 2 amide bonds. The summed E-state index contributed by atoms with van der Waals surface area (Å²) in [7, 11) is 3.40. The van der Waals surface area contributed by atoms with E-state index < -0.39 is 17.8 Å². The van der Waals surface area contributed by atoms with Gasteiger partial charge in [-0.3, -0.25) is 0 Å². The number of benzene rings is 1. The molecule has 1 rings (SSSR count). The van der Waals surface area contributed by atoms with Crippen molar-refractivity contribution in [1.82, 2.24) is 10.2 Å². The lowest BCUT2D eigenvalue weighted by Gasteiger charge is -2.18. The van der Waals surface area contributed by atoms with E-state index in [1.807, 2.05) is 7.05 Å². The molecule has 0 atom stereocenters. The van der Waals surface area contributed by atoms with Gasteiger partial charge in [0, 0.05) is 13.6 Å². The molecule has 110 valence electrons. The molecule has 1 aromatic carbocycles. The molecular formula is C13H18FN3O3. The Hall–Kier alpha value is -2.15. The number of anilines is 1. The van der Waals surface area contributed by atoms with Gasteiger partial charge in [-0.1, -0.05) is 0 Å². The highest BCUT2D eigenvalue weighted by molar-refractivity contribution is 5.99. The van der Waals surface area contributed by atoms with Crippen molar-refractivity contribution in [2.75, 3.05) is 32.5 Å². The Labute approximate surface area is 116 Å². The zero-order valence-corrected chi connectivity index (χ0v) is 11.4. The molecular weight excluding hydrogens is 265 g/mol. The molecule has 0 saturated heterocycles. The van der Waals surface area contributed by atoms with Crippen LogP contribution in [0.25, 0.3) is 0 Å². The standard InChI is InChI=1S/C13H18FN3O3/c1-15-6-3-7-17(2)13(20)16-11-8-9(14)4-5-10(11)12(18)19/h4-5,8,15H,3,6-7H2,1-2H3,(H,16,20)(H,18,19). The molecule has 7 heteroatoms. The Bertz CT molecular complexity index is 494. The summed E-state index contributed by atoms with van der Waals surface area (Å²) in [4.78, 5) is 24.3. The average molecular weight is 283 g/mol. The minimum atomic E-state index is -1.22. The topological polar surface area (TPSA) is 81.7 Å². The smallest absolute Gasteiger partial charge is 0.337 e. The van der Waals surface area contributed by atoms with Crippen LogP contribution >= 0.6 is 0 Å². The molecule has 0 unspecified atom stereocenters. The second-order valence-electron chi connectivity index (χ2n) is 4.30. The van der Waals surface area contributed by atoms with Gasteiger partial charge in [0.2, 0.25) is 0 Å². The third-order valence-corrected chi connectivity index (χ3v) is 2.72. The second-order valence-corrected chi connectivity index (χ2v) is 4.30. The number of halogens is 1. The number of nitrogens with zero attached hydrogens (tertiary/aromatic N) is 1. The van der Waals surface area contributed by atoms with E-state index in [-0.39, 0.29) is 11.3 Å². The molecule has 0 aromatic heterocycles. The van der Waals surface area contributed by atoms with Gasteiger partial charge in [-0.15, -0.1) is 0 Å². The molecule has 0 bridgehead atoms. The molecule has 1 aromatic rings. The molecule has 0 saturated carbocycles. The Morgan fingerprint density at radius 3 is 2.70 bits per heavy atom. The Balaban J connectivity index is 2.74. The number of carboxylic acid groups (broad SMARTS) is 1. The number of nitrogens with one attached hydrogen (secondary N) is 2. The quantitative estimate of drug-likeness (QED) is 0.693. The van der Waals surface area contributed by atoms with Crippen LogP contribution in [0.1, 0.15) is 16.8 Å². The number of carbonyl (C=O) groups excluding carboxylic acids is 1. The van der Waals surface area contributed by atoms with Crippen molar-refractivity contribution >= 4 is 17.7 Å². The summed E-state index contributed by atoms with van der Waals surface area (Å²) in [5.41, 5.74) is -0.202. The molecule has 0 fully saturated rings. The highest BCUT2D eigenvalue weighted by Crippen LogP contribution is 2.17. The largest absolute Gasteiger partial charge is 0.478 e. The zero-order valence-electron chi connectivity index (χ0n) is 11.4. The highest BCUT2D eigenvalue weighted by atomic mass is 19.1. The number of aromatic carboxylic acids is 1. The lowest BCUT2D eigenvalue weighted by Crippen LogP contribution is -2.33. The van der Waals surface area contributed by atoms with Crippen LogP contribution in [0.15, 0.2) is 18.2 Å². The molecule has 0 heterocycles. The van der Waals surface area contributed by atoms with Crippen molar-refractivity contribution in [3.05, 3.63) is 29.6 Å². The molecule has 0 radical (unpaired) electrons. The van der Waals surface area contributed by atoms with Gasteiger partial charge < -0.3 is 20.6 Å². The van der Waals surface area contributed by atoms with Gasteiger partial charge in [0.15, 0.2) is 0 Å². The normalized spacial score (nSPS) is 10.2. The van der Waals surface area contributed by atoms with E-state index in [0.717, 1.165) is 31.2 Å². The molecule has 0 aliphatic heterocycles. The first-order valence-corrected chi connectivity index (χ1v) is 6.15. The van der Waals surface area contributed by atoms with Crippen LogP contribution in [-0.4, -0.2) is 49.2 Å². The van der Waals surface area contributed by atoms with Crippen LogP contribution in [0.2, 0.25) is 0 Å². The van der Waals surface area contributed by atoms with Gasteiger partial charge >= 0.3 is 12.0 Å². The number of carbonyl (C=O) groups is 2. The number of urea groups is 1. The molecule has 0 aliphatic carbocycles. The number of amides is 2. The van der Waals surface area contributed by atoms with Gasteiger partial charge in [0.25, 0.3) is 0 Å². The second kappa shape index (κ2) is 7.44. The molecule has 20 heavy (non-hydrogen) atoms. The maximum Gasteiger partial charge on any atom is 0.337 e. The summed E-state index contributed by atoms with van der Waals surface area (Å²) in [5, 5.41) is 14.3. The lowest BCUT2D eigenvalue weighted by atomic mass is 10.2. The maximum absolute atomic E-state index is 13.1. The summed E-state index contributed by atoms with van der Waals surface area (Å²) < 4.78 is 13.1. The fourth-order valence-electron chi connectivity index (χ4n) is 1.61. The molecule has 3 N–H and O–H groups in total. The first-order chi connectivity index (χ1) is 9.45. The molecule has 0 aliphatic rings. The first kappa shape index (κ1) is 15.9. The fraction of sp³-hybridized carbons (Fsp3) is 0.385. The summed E-state index contributed by atoms with van der Waals surface area (Å²) in [5.74, 6) is -1.83. The van der Waals surface area contributed by atoms with Crippen molar-refractivity contribution in [2.24, 2.45) is 0 Å². The third kappa shape index (κ3) is 4.51. The summed E-state index contributed by atoms with van der Waals surface area (Å²) in [6.07, 6.45) is 0.759. The Morgan fingerprint density at radius 2 is 2.10 bits per heavy atom. The summed E-state index contributed by atoms with van der Waals surface area (Å²) in [6, 6.07) is 2.67. The minimum Gasteiger partial charge on any atom is -0.478 e. The van der Waals surface area contributed by atoms with Crippen LogP contribution in [0.4, 0.5) is 14.9 Å². The number of carboxylic acids is 1. The van der Waals surface area contributed by atoms with Crippen LogP contribution in [0.5, 0.6) is 0 Å². The predicted molar refractivity (Wildman–Crippen MR) is 73.6 cm³/mol. The average Bonchev–Trinajstić information content (AvgIpc) is 2.38. The monoisotopic (exact) mass is 283 g/mol. The van der Waals surface area contributed by atoms with Gasteiger partial charge in [-0.05, 0) is 38.2 Å². The summed E-state index contributed by atoms with van der Waals surface area (Å²) in [6.45, 7) is 1.27. The van der Waals surface area contributed by atoms with Gasteiger partial charge in [-0.25, -0.2) is 14.0 Å². The number of rotatable bonds is 6. The van der Waals surface area contributed by atoms with Gasteiger partial charge in [-0.2, -0.15) is 0 Å². The minimum absolute atomic E-state index is 0.0528. The van der Waals surface area contributed by atoms with E-state index in [4.69, 9.17) is 5.11 Å². The van der Waals surface area contributed by atoms with Crippen molar-refractivity contribution in [3.8, 4) is 0 Å². The van der Waals surface area contributed by atoms with Crippen LogP contribution in [0.3, 0.4) is 0 Å². The van der Waals surface area contributed by atoms with E-state index in [1.54, 1.807) is 7.05 Å². The van der Waals surface area contributed by atoms with Crippen molar-refractivity contribution in [1.29, 1.82) is 0 Å². The van der Waals surface area contributed by atoms with E-state index in [1.165, 1.54) is 4.90 Å². The van der Waals surface area contributed by atoms with Crippen LogP contribution in [0, 0.1) is 5.82 Å². The van der Waals surface area contributed by atoms with E-state index in [2.05, 4.69) is 10.6 Å². The predicted octanol–water partition coefficient (Wildman–Crippen LogP) is 1.60.